The summed E-state index contributed by atoms with van der Waals surface area (Å²) in [6, 6.07) is 0.283. The second kappa shape index (κ2) is 10.0. The number of amides is 1. The van der Waals surface area contributed by atoms with Gasteiger partial charge in [0, 0.05) is 42.9 Å². The number of rotatable bonds is 8. The molecule has 2 rings (SSSR count). The van der Waals surface area contributed by atoms with Crippen LogP contribution >= 0.6 is 0 Å². The fourth-order valence-corrected chi connectivity index (χ4v) is 3.47. The number of nitrogens with zero attached hydrogens (tertiary/aromatic N) is 1. The first-order valence-electron chi connectivity index (χ1n) is 10.3. The van der Waals surface area contributed by atoms with Gasteiger partial charge >= 0.3 is 0 Å². The molecule has 0 aromatic heterocycles. The average molecular weight is 389 g/mol. The van der Waals surface area contributed by atoms with Crippen LogP contribution in [-0.4, -0.2) is 60.5 Å². The van der Waals surface area contributed by atoms with Crippen LogP contribution in [-0.2, 0) is 4.79 Å². The molecule has 6 heteroatoms. The Morgan fingerprint density at radius 1 is 1.39 bits per heavy atom. The lowest BCUT2D eigenvalue weighted by Crippen LogP contribution is -2.43. The van der Waals surface area contributed by atoms with Gasteiger partial charge in [-0.2, -0.15) is 0 Å². The standard InChI is InChI=1S/C22H36N4O2/c1-16(2)24-13-18-6-5-7-19(20(18)23)21(28)25-12-17-8-10-26(11-9-17)14-22(3,4)15-27/h5-7,13,16-17,23-24,27H,8-12,14-15H2,1-4H3,(H,25,28)/b18-13-,23-20?. The van der Waals surface area contributed by atoms with E-state index >= 15 is 0 Å². The summed E-state index contributed by atoms with van der Waals surface area (Å²) in [5, 5.41) is 24.0. The van der Waals surface area contributed by atoms with Gasteiger partial charge in [0.25, 0.3) is 5.91 Å². The van der Waals surface area contributed by atoms with Crippen LogP contribution in [0.25, 0.3) is 0 Å². The van der Waals surface area contributed by atoms with Crippen LogP contribution < -0.4 is 10.6 Å². The Morgan fingerprint density at radius 3 is 2.68 bits per heavy atom. The molecule has 156 valence electrons. The van der Waals surface area contributed by atoms with Crippen molar-refractivity contribution in [1.29, 1.82) is 5.41 Å². The van der Waals surface area contributed by atoms with Crippen molar-refractivity contribution in [1.82, 2.24) is 15.5 Å². The van der Waals surface area contributed by atoms with E-state index in [1.54, 1.807) is 12.3 Å². The number of allylic oxidation sites excluding steroid dienone is 4. The third-order valence-corrected chi connectivity index (χ3v) is 5.25. The van der Waals surface area contributed by atoms with E-state index in [-0.39, 0.29) is 29.7 Å². The third-order valence-electron chi connectivity index (χ3n) is 5.25. The molecule has 2 aliphatic rings. The highest BCUT2D eigenvalue weighted by molar-refractivity contribution is 6.28. The Hall–Kier alpha value is -1.92. The number of aliphatic hydroxyl groups is 1. The van der Waals surface area contributed by atoms with Gasteiger partial charge in [-0.3, -0.25) is 10.2 Å². The summed E-state index contributed by atoms with van der Waals surface area (Å²) in [5.74, 6) is 0.289. The summed E-state index contributed by atoms with van der Waals surface area (Å²) in [5.41, 5.74) is 1.33. The van der Waals surface area contributed by atoms with Crippen LogP contribution in [0.5, 0.6) is 0 Å². The maximum atomic E-state index is 12.6. The van der Waals surface area contributed by atoms with Crippen molar-refractivity contribution in [3.05, 3.63) is 35.6 Å². The van der Waals surface area contributed by atoms with E-state index in [1.807, 2.05) is 26.0 Å². The van der Waals surface area contributed by atoms with E-state index in [2.05, 4.69) is 29.4 Å². The zero-order valence-corrected chi connectivity index (χ0v) is 17.7. The lowest BCUT2D eigenvalue weighted by atomic mass is 9.91. The molecule has 0 unspecified atom stereocenters. The fraction of sp³-hybridized carbons (Fsp3) is 0.636. The smallest absolute Gasteiger partial charge is 0.253 e. The number of hydrogen-bond donors (Lipinski definition) is 4. The first-order chi connectivity index (χ1) is 13.2. The first-order valence-corrected chi connectivity index (χ1v) is 10.3. The molecular weight excluding hydrogens is 352 g/mol. The SMILES string of the molecule is CC(C)N/C=C1/C=CC=C(C(=O)NCC2CCN(CC(C)(C)CO)CC2)C1=N. The molecule has 0 atom stereocenters. The van der Waals surface area contributed by atoms with E-state index < -0.39 is 0 Å². The summed E-state index contributed by atoms with van der Waals surface area (Å²) >= 11 is 0. The van der Waals surface area contributed by atoms with Crippen LogP contribution in [0.2, 0.25) is 0 Å². The van der Waals surface area contributed by atoms with E-state index in [0.717, 1.165) is 38.0 Å². The van der Waals surface area contributed by atoms with E-state index in [0.29, 0.717) is 18.0 Å². The van der Waals surface area contributed by atoms with Crippen molar-refractivity contribution in [3.63, 3.8) is 0 Å². The van der Waals surface area contributed by atoms with E-state index in [1.165, 1.54) is 0 Å². The molecule has 0 aromatic carbocycles. The molecule has 1 amide bonds. The molecule has 0 saturated carbocycles. The predicted molar refractivity (Wildman–Crippen MR) is 114 cm³/mol. The Kier molecular flexibility index (Phi) is 8.01. The zero-order chi connectivity index (χ0) is 20.7. The monoisotopic (exact) mass is 388 g/mol. The first kappa shape index (κ1) is 22.4. The number of nitrogens with one attached hydrogen (secondary N) is 3. The fourth-order valence-electron chi connectivity index (χ4n) is 3.47. The summed E-state index contributed by atoms with van der Waals surface area (Å²) in [6.45, 7) is 12.0. The van der Waals surface area contributed by atoms with Gasteiger partial charge in [0.05, 0.1) is 11.3 Å². The number of piperidine rings is 1. The number of carbonyl (C=O) groups excluding carboxylic acids is 1. The molecular formula is C22H36N4O2. The normalized spacial score (nSPS) is 20.6. The number of aliphatic hydroxyl groups excluding tert-OH is 1. The van der Waals surface area contributed by atoms with Crippen molar-refractivity contribution in [2.75, 3.05) is 32.8 Å². The van der Waals surface area contributed by atoms with Crippen molar-refractivity contribution >= 4 is 11.6 Å². The minimum Gasteiger partial charge on any atom is -0.396 e. The molecule has 0 radical (unpaired) electrons. The molecule has 0 aromatic rings. The van der Waals surface area contributed by atoms with E-state index in [9.17, 15) is 9.90 Å². The Morgan fingerprint density at radius 2 is 2.07 bits per heavy atom. The molecule has 28 heavy (non-hydrogen) atoms. The molecule has 1 aliphatic heterocycles. The van der Waals surface area contributed by atoms with Gasteiger partial charge in [-0.1, -0.05) is 26.0 Å². The van der Waals surface area contributed by atoms with Crippen LogP contribution in [0, 0.1) is 16.7 Å². The maximum Gasteiger partial charge on any atom is 0.253 e. The van der Waals surface area contributed by atoms with Crippen molar-refractivity contribution < 1.29 is 9.90 Å². The summed E-state index contributed by atoms with van der Waals surface area (Å²) in [4.78, 5) is 15.0. The number of likely N-dealkylation sites (tertiary alicyclic amines) is 1. The number of carbonyl (C=O) groups is 1. The largest absolute Gasteiger partial charge is 0.396 e. The zero-order valence-electron chi connectivity index (χ0n) is 17.7. The lowest BCUT2D eigenvalue weighted by molar-refractivity contribution is -0.117. The third kappa shape index (κ3) is 6.60. The van der Waals surface area contributed by atoms with Gasteiger partial charge in [-0.05, 0) is 51.8 Å². The minimum atomic E-state index is -0.173. The van der Waals surface area contributed by atoms with Crippen molar-refractivity contribution in [3.8, 4) is 0 Å². The van der Waals surface area contributed by atoms with Gasteiger partial charge in [0.15, 0.2) is 0 Å². The van der Waals surface area contributed by atoms with Gasteiger partial charge in [-0.15, -0.1) is 0 Å². The molecule has 0 spiro atoms. The van der Waals surface area contributed by atoms with Gasteiger partial charge in [0.1, 0.15) is 0 Å². The Bertz CT molecular complexity index is 653. The summed E-state index contributed by atoms with van der Waals surface area (Å²) in [6.07, 6.45) is 9.26. The molecule has 1 saturated heterocycles. The molecule has 4 N–H and O–H groups in total. The average Bonchev–Trinajstić information content (AvgIpc) is 2.66. The highest BCUT2D eigenvalue weighted by Crippen LogP contribution is 2.22. The molecule has 1 aliphatic carbocycles. The summed E-state index contributed by atoms with van der Waals surface area (Å²) < 4.78 is 0. The van der Waals surface area contributed by atoms with Gasteiger partial charge in [-0.25, -0.2) is 0 Å². The quantitative estimate of drug-likeness (QED) is 0.513. The number of hydrogen-bond acceptors (Lipinski definition) is 5. The Labute approximate surface area is 169 Å². The van der Waals surface area contributed by atoms with Crippen LogP contribution in [0.4, 0.5) is 0 Å². The second-order valence-electron chi connectivity index (χ2n) is 8.99. The van der Waals surface area contributed by atoms with Gasteiger partial charge in [0.2, 0.25) is 0 Å². The minimum absolute atomic E-state index is 0.0714. The van der Waals surface area contributed by atoms with Crippen molar-refractivity contribution in [2.45, 2.75) is 46.6 Å². The predicted octanol–water partition coefficient (Wildman–Crippen LogP) is 2.23. The molecule has 6 nitrogen and oxygen atoms in total. The lowest BCUT2D eigenvalue weighted by Gasteiger charge is -2.36. The van der Waals surface area contributed by atoms with E-state index in [4.69, 9.17) is 5.41 Å². The second-order valence-corrected chi connectivity index (χ2v) is 8.99. The molecule has 1 fully saturated rings. The van der Waals surface area contributed by atoms with Crippen LogP contribution in [0.15, 0.2) is 35.6 Å². The van der Waals surface area contributed by atoms with Gasteiger partial charge < -0.3 is 20.6 Å². The van der Waals surface area contributed by atoms with Crippen LogP contribution in [0.1, 0.15) is 40.5 Å². The van der Waals surface area contributed by atoms with Crippen molar-refractivity contribution in [2.24, 2.45) is 11.3 Å². The highest BCUT2D eigenvalue weighted by atomic mass is 16.3. The maximum absolute atomic E-state index is 12.6. The summed E-state index contributed by atoms with van der Waals surface area (Å²) in [7, 11) is 0. The Balaban J connectivity index is 1.80. The highest BCUT2D eigenvalue weighted by Gasteiger charge is 2.26. The molecule has 0 bridgehead atoms. The molecule has 1 heterocycles. The topological polar surface area (TPSA) is 88.5 Å². The van der Waals surface area contributed by atoms with Crippen LogP contribution in [0.3, 0.4) is 0 Å².